The van der Waals surface area contributed by atoms with Gasteiger partial charge in [-0.05, 0) is 55.4 Å². The Morgan fingerprint density at radius 2 is 1.92 bits per heavy atom. The topological polar surface area (TPSA) is 49.3 Å². The van der Waals surface area contributed by atoms with Crippen LogP contribution < -0.4 is 4.90 Å². The third-order valence-corrected chi connectivity index (χ3v) is 5.98. The number of halogens is 1. The van der Waals surface area contributed by atoms with E-state index in [1.807, 2.05) is 28.3 Å². The summed E-state index contributed by atoms with van der Waals surface area (Å²) in [6.45, 7) is 0.823. The van der Waals surface area contributed by atoms with Crippen molar-refractivity contribution in [3.8, 4) is 0 Å². The maximum absolute atomic E-state index is 13.9. The zero-order chi connectivity index (χ0) is 17.7. The zero-order valence-electron chi connectivity index (χ0n) is 14.5. The van der Waals surface area contributed by atoms with Crippen LogP contribution in [0, 0.1) is 11.7 Å². The molecule has 0 unspecified atom stereocenters. The predicted molar refractivity (Wildman–Crippen MR) is 95.3 cm³/mol. The van der Waals surface area contributed by atoms with Crippen molar-refractivity contribution in [1.29, 1.82) is 0 Å². The Balaban J connectivity index is 1.55. The quantitative estimate of drug-likeness (QED) is 0.845. The Morgan fingerprint density at radius 1 is 1.12 bits per heavy atom. The second-order valence-corrected chi connectivity index (χ2v) is 7.64. The molecular formula is C20H21FN4O. The van der Waals surface area contributed by atoms with Gasteiger partial charge in [0.2, 0.25) is 0 Å². The van der Waals surface area contributed by atoms with Crippen LogP contribution in [-0.4, -0.2) is 39.5 Å². The van der Waals surface area contributed by atoms with Crippen LogP contribution in [0.1, 0.15) is 37.2 Å². The number of rotatable bonds is 4. The average molecular weight is 352 g/mol. The second-order valence-electron chi connectivity index (χ2n) is 7.64. The number of amides is 2. The van der Waals surface area contributed by atoms with E-state index in [0.717, 1.165) is 24.9 Å². The highest BCUT2D eigenvalue weighted by Crippen LogP contribution is 2.47. The third-order valence-electron chi connectivity index (χ3n) is 5.98. The van der Waals surface area contributed by atoms with Gasteiger partial charge in [0, 0.05) is 30.5 Å². The molecule has 0 radical (unpaired) electrons. The summed E-state index contributed by atoms with van der Waals surface area (Å²) >= 11 is 0. The molecule has 5 rings (SSSR count). The Kier molecular flexibility index (Phi) is 3.65. The van der Waals surface area contributed by atoms with E-state index in [1.54, 1.807) is 6.07 Å². The number of aromatic nitrogens is 2. The van der Waals surface area contributed by atoms with E-state index in [-0.39, 0.29) is 29.8 Å². The lowest BCUT2D eigenvalue weighted by atomic mass is 9.94. The summed E-state index contributed by atoms with van der Waals surface area (Å²) in [4.78, 5) is 25.5. The minimum Gasteiger partial charge on any atom is -0.319 e. The lowest BCUT2D eigenvalue weighted by Gasteiger charge is -2.27. The van der Waals surface area contributed by atoms with Gasteiger partial charge in [-0.3, -0.25) is 4.90 Å². The molecule has 134 valence electrons. The summed E-state index contributed by atoms with van der Waals surface area (Å²) in [5.74, 6) is 0.494. The van der Waals surface area contributed by atoms with E-state index in [4.69, 9.17) is 0 Å². The van der Waals surface area contributed by atoms with Crippen molar-refractivity contribution in [3.63, 3.8) is 0 Å². The molecule has 3 atom stereocenters. The molecule has 0 bridgehead atoms. The SMILES string of the molecule is O=C1N(CC2CC2)[C@H]2CC[C@@H](c3cncnc3)[C@H]2N1c1cccc(F)c1. The van der Waals surface area contributed by atoms with Crippen molar-refractivity contribution >= 4 is 11.7 Å². The van der Waals surface area contributed by atoms with Gasteiger partial charge in [-0.2, -0.15) is 0 Å². The lowest BCUT2D eigenvalue weighted by molar-refractivity contribution is 0.201. The molecule has 26 heavy (non-hydrogen) atoms. The summed E-state index contributed by atoms with van der Waals surface area (Å²) in [6, 6.07) is 6.58. The van der Waals surface area contributed by atoms with E-state index in [1.165, 1.54) is 31.3 Å². The monoisotopic (exact) mass is 352 g/mol. The smallest absolute Gasteiger partial charge is 0.319 e. The molecule has 0 spiro atoms. The number of nitrogens with zero attached hydrogens (tertiary/aromatic N) is 4. The molecule has 6 heteroatoms. The number of benzene rings is 1. The molecule has 1 aromatic heterocycles. The van der Waals surface area contributed by atoms with Crippen molar-refractivity contribution in [2.45, 2.75) is 43.7 Å². The molecule has 3 fully saturated rings. The van der Waals surface area contributed by atoms with Gasteiger partial charge in [0.25, 0.3) is 0 Å². The second kappa shape index (κ2) is 6.04. The maximum atomic E-state index is 13.9. The molecule has 3 aliphatic rings. The molecule has 0 N–H and O–H groups in total. The van der Waals surface area contributed by atoms with Crippen LogP contribution in [0.15, 0.2) is 43.0 Å². The Bertz CT molecular complexity index is 826. The van der Waals surface area contributed by atoms with E-state index in [2.05, 4.69) is 9.97 Å². The zero-order valence-corrected chi connectivity index (χ0v) is 14.5. The first-order chi connectivity index (χ1) is 12.7. The summed E-state index contributed by atoms with van der Waals surface area (Å²) in [5, 5.41) is 0. The highest BCUT2D eigenvalue weighted by molar-refractivity contribution is 5.96. The molecule has 2 heterocycles. The lowest BCUT2D eigenvalue weighted by Crippen LogP contribution is -2.38. The molecule has 1 aliphatic heterocycles. The van der Waals surface area contributed by atoms with Crippen LogP contribution in [0.5, 0.6) is 0 Å². The first-order valence-electron chi connectivity index (χ1n) is 9.32. The van der Waals surface area contributed by atoms with Gasteiger partial charge in [-0.1, -0.05) is 6.07 Å². The van der Waals surface area contributed by atoms with E-state index >= 15 is 0 Å². The van der Waals surface area contributed by atoms with Crippen LogP contribution in [0.4, 0.5) is 14.9 Å². The van der Waals surface area contributed by atoms with E-state index in [0.29, 0.717) is 11.6 Å². The number of carbonyl (C=O) groups excluding carboxylic acids is 1. The fourth-order valence-electron chi connectivity index (χ4n) is 4.63. The molecule has 2 aromatic rings. The number of hydrogen-bond acceptors (Lipinski definition) is 3. The van der Waals surface area contributed by atoms with Crippen LogP contribution >= 0.6 is 0 Å². The fraction of sp³-hybridized carbons (Fsp3) is 0.450. The van der Waals surface area contributed by atoms with Crippen LogP contribution in [0.3, 0.4) is 0 Å². The van der Waals surface area contributed by atoms with Gasteiger partial charge in [-0.15, -0.1) is 0 Å². The first kappa shape index (κ1) is 15.7. The van der Waals surface area contributed by atoms with E-state index < -0.39 is 0 Å². The number of carbonyl (C=O) groups is 1. The predicted octanol–water partition coefficient (Wildman–Crippen LogP) is 3.58. The highest BCUT2D eigenvalue weighted by atomic mass is 19.1. The summed E-state index contributed by atoms with van der Waals surface area (Å²) in [5.41, 5.74) is 1.70. The molecule has 5 nitrogen and oxygen atoms in total. The van der Waals surface area contributed by atoms with Gasteiger partial charge < -0.3 is 4.90 Å². The normalized spacial score (nSPS) is 27.9. The number of urea groups is 1. The molecule has 2 saturated carbocycles. The van der Waals surface area contributed by atoms with Crippen LogP contribution in [-0.2, 0) is 0 Å². The number of hydrogen-bond donors (Lipinski definition) is 0. The molecule has 1 saturated heterocycles. The molecular weight excluding hydrogens is 331 g/mol. The van der Waals surface area contributed by atoms with Gasteiger partial charge in [-0.25, -0.2) is 19.2 Å². The Labute approximate surface area is 151 Å². The van der Waals surface area contributed by atoms with Crippen molar-refractivity contribution < 1.29 is 9.18 Å². The van der Waals surface area contributed by atoms with Crippen molar-refractivity contribution in [2.24, 2.45) is 5.92 Å². The highest BCUT2D eigenvalue weighted by Gasteiger charge is 2.54. The number of anilines is 1. The minimum absolute atomic E-state index is 0.00838. The average Bonchev–Trinajstić information content (AvgIpc) is 3.32. The molecule has 1 aromatic carbocycles. The standard InChI is InChI=1S/C20H21FN4O/c21-15-2-1-3-16(8-15)25-19-17(14-9-22-12-23-10-14)6-7-18(19)24(20(25)26)11-13-4-5-13/h1-3,8-10,12-13,17-19H,4-7,11H2/t17-,18-,19+/m0/s1. The molecule has 2 aliphatic carbocycles. The van der Waals surface area contributed by atoms with Gasteiger partial charge in [0.1, 0.15) is 12.1 Å². The van der Waals surface area contributed by atoms with Crippen LogP contribution in [0.25, 0.3) is 0 Å². The Morgan fingerprint density at radius 3 is 2.65 bits per heavy atom. The third kappa shape index (κ3) is 2.55. The van der Waals surface area contributed by atoms with Gasteiger partial charge >= 0.3 is 6.03 Å². The molecule has 2 amide bonds. The van der Waals surface area contributed by atoms with Gasteiger partial charge in [0.15, 0.2) is 0 Å². The maximum Gasteiger partial charge on any atom is 0.325 e. The Hall–Kier alpha value is -2.50. The largest absolute Gasteiger partial charge is 0.325 e. The van der Waals surface area contributed by atoms with Crippen molar-refractivity contribution in [3.05, 3.63) is 54.4 Å². The fourth-order valence-corrected chi connectivity index (χ4v) is 4.63. The van der Waals surface area contributed by atoms with Gasteiger partial charge in [0.05, 0.1) is 12.1 Å². The van der Waals surface area contributed by atoms with E-state index in [9.17, 15) is 9.18 Å². The van der Waals surface area contributed by atoms with Crippen molar-refractivity contribution in [2.75, 3.05) is 11.4 Å². The van der Waals surface area contributed by atoms with Crippen LogP contribution in [0.2, 0.25) is 0 Å². The van der Waals surface area contributed by atoms with Crippen molar-refractivity contribution in [1.82, 2.24) is 14.9 Å². The summed E-state index contributed by atoms with van der Waals surface area (Å²) < 4.78 is 13.9. The number of fused-ring (bicyclic) bond motifs is 1. The summed E-state index contributed by atoms with van der Waals surface area (Å²) in [6.07, 6.45) is 9.58. The minimum atomic E-state index is -0.315. The summed E-state index contributed by atoms with van der Waals surface area (Å²) in [7, 11) is 0. The first-order valence-corrected chi connectivity index (χ1v) is 9.32.